The van der Waals surface area contributed by atoms with Crippen molar-refractivity contribution in [1.29, 1.82) is 0 Å². The average molecular weight is 345 g/mol. The van der Waals surface area contributed by atoms with Crippen LogP contribution >= 0.6 is 0 Å². The van der Waals surface area contributed by atoms with E-state index in [0.717, 1.165) is 28.7 Å². The van der Waals surface area contributed by atoms with Crippen LogP contribution in [0.5, 0.6) is 5.75 Å². The summed E-state index contributed by atoms with van der Waals surface area (Å²) in [7, 11) is 1.70. The summed E-state index contributed by atoms with van der Waals surface area (Å²) in [6.45, 7) is 2.17. The minimum absolute atomic E-state index is 0.00356. The van der Waals surface area contributed by atoms with Crippen molar-refractivity contribution in [2.24, 2.45) is 0 Å². The van der Waals surface area contributed by atoms with Crippen LogP contribution in [0.15, 0.2) is 60.7 Å². The zero-order valence-electron chi connectivity index (χ0n) is 15.2. The number of methoxy groups -OCH3 is 1. The molecule has 3 nitrogen and oxygen atoms in total. The van der Waals surface area contributed by atoms with Crippen LogP contribution in [-0.4, -0.2) is 19.6 Å². The van der Waals surface area contributed by atoms with Gasteiger partial charge in [-0.2, -0.15) is 0 Å². The van der Waals surface area contributed by atoms with Gasteiger partial charge in [0.15, 0.2) is 0 Å². The van der Waals surface area contributed by atoms with Gasteiger partial charge >= 0.3 is 0 Å². The lowest BCUT2D eigenvalue weighted by Crippen LogP contribution is -2.22. The molecule has 0 saturated carbocycles. The van der Waals surface area contributed by atoms with E-state index in [1.807, 2.05) is 18.2 Å². The summed E-state index contributed by atoms with van der Waals surface area (Å²) < 4.78 is 5.62. The van der Waals surface area contributed by atoms with E-state index in [0.29, 0.717) is 6.54 Å². The molecule has 0 aromatic heterocycles. The van der Waals surface area contributed by atoms with Crippen molar-refractivity contribution in [3.05, 3.63) is 77.4 Å². The van der Waals surface area contributed by atoms with E-state index in [9.17, 15) is 4.79 Å². The monoisotopic (exact) mass is 345 g/mol. The number of carbonyl (C=O) groups is 1. The van der Waals surface area contributed by atoms with Gasteiger partial charge in [-0.25, -0.2) is 0 Å². The lowest BCUT2D eigenvalue weighted by molar-refractivity contribution is -0.118. The van der Waals surface area contributed by atoms with E-state index in [2.05, 4.69) is 59.9 Å². The molecule has 0 unspecified atom stereocenters. The number of rotatable bonds is 6. The number of ether oxygens (including phenoxy) is 1. The average Bonchev–Trinajstić information content (AvgIpc) is 2.66. The standard InChI is InChI=1S/C23H23NO2/c1-17(25)24-14-13-19-9-6-10-20-15-21(23(26-2)16-22(19)20)12-11-18-7-4-3-5-8-18/h3-12,15-16H,13-14H2,1-2H3,(H,24,25). The predicted octanol–water partition coefficient (Wildman–Crippen LogP) is 4.70. The Morgan fingerprint density at radius 1 is 1.04 bits per heavy atom. The van der Waals surface area contributed by atoms with Gasteiger partial charge in [0, 0.05) is 19.0 Å². The second-order valence-corrected chi connectivity index (χ2v) is 6.21. The molecule has 0 aliphatic rings. The van der Waals surface area contributed by atoms with Crippen LogP contribution in [0.4, 0.5) is 0 Å². The molecule has 3 rings (SSSR count). The van der Waals surface area contributed by atoms with Crippen molar-refractivity contribution in [3.8, 4) is 5.75 Å². The topological polar surface area (TPSA) is 38.3 Å². The molecule has 0 heterocycles. The summed E-state index contributed by atoms with van der Waals surface area (Å²) in [5.74, 6) is 0.841. The van der Waals surface area contributed by atoms with Crippen molar-refractivity contribution < 1.29 is 9.53 Å². The molecule has 3 heteroatoms. The second kappa shape index (κ2) is 8.34. The Labute approximate surface area is 154 Å². The van der Waals surface area contributed by atoms with Crippen molar-refractivity contribution in [2.45, 2.75) is 13.3 Å². The molecule has 3 aromatic carbocycles. The first-order chi connectivity index (χ1) is 12.7. The van der Waals surface area contributed by atoms with Gasteiger partial charge < -0.3 is 10.1 Å². The minimum Gasteiger partial charge on any atom is -0.496 e. The second-order valence-electron chi connectivity index (χ2n) is 6.21. The van der Waals surface area contributed by atoms with Crippen molar-refractivity contribution in [3.63, 3.8) is 0 Å². The first-order valence-electron chi connectivity index (χ1n) is 8.74. The fourth-order valence-corrected chi connectivity index (χ4v) is 3.04. The van der Waals surface area contributed by atoms with Gasteiger partial charge in [0.2, 0.25) is 5.91 Å². The van der Waals surface area contributed by atoms with Crippen LogP contribution in [-0.2, 0) is 11.2 Å². The lowest BCUT2D eigenvalue weighted by atomic mass is 9.99. The minimum atomic E-state index is -0.00356. The van der Waals surface area contributed by atoms with Crippen LogP contribution in [0, 0.1) is 0 Å². The summed E-state index contributed by atoms with van der Waals surface area (Å²) in [6.07, 6.45) is 4.96. The molecule has 0 saturated heterocycles. The van der Waals surface area contributed by atoms with Crippen molar-refractivity contribution >= 4 is 28.8 Å². The molecule has 26 heavy (non-hydrogen) atoms. The Morgan fingerprint density at radius 2 is 1.85 bits per heavy atom. The Morgan fingerprint density at radius 3 is 2.58 bits per heavy atom. The van der Waals surface area contributed by atoms with Gasteiger partial charge in [-0.1, -0.05) is 60.7 Å². The highest BCUT2D eigenvalue weighted by Crippen LogP contribution is 2.30. The first-order valence-corrected chi connectivity index (χ1v) is 8.74. The summed E-state index contributed by atoms with van der Waals surface area (Å²) in [5.41, 5.74) is 3.40. The van der Waals surface area contributed by atoms with Crippen molar-refractivity contribution in [2.75, 3.05) is 13.7 Å². The van der Waals surface area contributed by atoms with E-state index in [1.165, 1.54) is 17.9 Å². The highest BCUT2D eigenvalue weighted by molar-refractivity contribution is 5.91. The van der Waals surface area contributed by atoms with Crippen LogP contribution < -0.4 is 10.1 Å². The SMILES string of the molecule is COc1cc2c(CCNC(C)=O)cccc2cc1C=Cc1ccccc1. The Balaban J connectivity index is 1.94. The maximum Gasteiger partial charge on any atom is 0.216 e. The number of fused-ring (bicyclic) bond motifs is 1. The molecular formula is C23H23NO2. The Kier molecular flexibility index (Phi) is 5.69. The smallest absolute Gasteiger partial charge is 0.216 e. The highest BCUT2D eigenvalue weighted by atomic mass is 16.5. The van der Waals surface area contributed by atoms with Gasteiger partial charge in [0.05, 0.1) is 7.11 Å². The van der Waals surface area contributed by atoms with E-state index >= 15 is 0 Å². The van der Waals surface area contributed by atoms with Gasteiger partial charge in [0.25, 0.3) is 0 Å². The number of amides is 1. The third-order valence-corrected chi connectivity index (χ3v) is 4.34. The molecule has 132 valence electrons. The Bertz CT molecular complexity index is 930. The maximum atomic E-state index is 11.1. The van der Waals surface area contributed by atoms with Gasteiger partial charge in [-0.05, 0) is 40.5 Å². The van der Waals surface area contributed by atoms with Crippen LogP contribution in [0.3, 0.4) is 0 Å². The number of benzene rings is 3. The van der Waals surface area contributed by atoms with Gasteiger partial charge in [0.1, 0.15) is 5.75 Å². The molecule has 3 aromatic rings. The number of hydrogen-bond acceptors (Lipinski definition) is 2. The van der Waals surface area contributed by atoms with E-state index in [4.69, 9.17) is 4.74 Å². The number of nitrogens with one attached hydrogen (secondary N) is 1. The summed E-state index contributed by atoms with van der Waals surface area (Å²) in [6, 6.07) is 20.7. The molecule has 0 atom stereocenters. The zero-order chi connectivity index (χ0) is 18.4. The fraction of sp³-hybridized carbons (Fsp3) is 0.174. The third-order valence-electron chi connectivity index (χ3n) is 4.34. The molecule has 0 spiro atoms. The number of hydrogen-bond donors (Lipinski definition) is 1. The molecule has 0 radical (unpaired) electrons. The third kappa shape index (κ3) is 4.31. The van der Waals surface area contributed by atoms with E-state index in [1.54, 1.807) is 7.11 Å². The first kappa shape index (κ1) is 17.7. The van der Waals surface area contributed by atoms with Crippen molar-refractivity contribution in [1.82, 2.24) is 5.32 Å². The van der Waals surface area contributed by atoms with Crippen LogP contribution in [0.25, 0.3) is 22.9 Å². The molecule has 0 bridgehead atoms. The van der Waals surface area contributed by atoms with Gasteiger partial charge in [-0.3, -0.25) is 4.79 Å². The molecule has 1 N–H and O–H groups in total. The summed E-state index contributed by atoms with van der Waals surface area (Å²) in [5, 5.41) is 5.18. The van der Waals surface area contributed by atoms with E-state index in [-0.39, 0.29) is 5.91 Å². The molecule has 0 aliphatic carbocycles. The fourth-order valence-electron chi connectivity index (χ4n) is 3.04. The largest absolute Gasteiger partial charge is 0.496 e. The van der Waals surface area contributed by atoms with Gasteiger partial charge in [-0.15, -0.1) is 0 Å². The maximum absolute atomic E-state index is 11.1. The zero-order valence-corrected chi connectivity index (χ0v) is 15.2. The molecular weight excluding hydrogens is 322 g/mol. The van der Waals surface area contributed by atoms with Crippen LogP contribution in [0.1, 0.15) is 23.6 Å². The summed E-state index contributed by atoms with van der Waals surface area (Å²) in [4.78, 5) is 11.1. The summed E-state index contributed by atoms with van der Waals surface area (Å²) >= 11 is 0. The molecule has 1 amide bonds. The highest BCUT2D eigenvalue weighted by Gasteiger charge is 2.07. The molecule has 0 aliphatic heterocycles. The lowest BCUT2D eigenvalue weighted by Gasteiger charge is -2.11. The normalized spacial score (nSPS) is 11.0. The number of carbonyl (C=O) groups excluding carboxylic acids is 1. The molecule has 0 fully saturated rings. The quantitative estimate of drug-likeness (QED) is 0.658. The predicted molar refractivity (Wildman–Crippen MR) is 108 cm³/mol. The van der Waals surface area contributed by atoms with Crippen LogP contribution in [0.2, 0.25) is 0 Å². The Hall–Kier alpha value is -3.07. The van der Waals surface area contributed by atoms with E-state index < -0.39 is 0 Å².